The molecule has 2 aromatic rings. The van der Waals surface area contributed by atoms with Crippen LogP contribution in [-0.4, -0.2) is 17.8 Å². The standard InChI is InChI=1S/C23H24F3N3O/c1-15-7-2-4-11-19(15)29-22(30)17-9-6-8-16(13-17)14-28-20-12-5-3-10-18(20)21(27)23(24,25)26/h2,4,6-9,11,13H,3,5,10,12,14,27H2,1H3,(H,29,30)/b21-18-,28-20?. The number of alkyl halides is 3. The summed E-state index contributed by atoms with van der Waals surface area (Å²) in [6.45, 7) is 2.10. The van der Waals surface area contributed by atoms with E-state index in [1.54, 1.807) is 24.3 Å². The number of benzene rings is 2. The van der Waals surface area contributed by atoms with Crippen LogP contribution in [0.2, 0.25) is 0 Å². The summed E-state index contributed by atoms with van der Waals surface area (Å²) in [4.78, 5) is 17.0. The Bertz CT molecular complexity index is 993. The topological polar surface area (TPSA) is 67.5 Å². The Kier molecular flexibility index (Phi) is 6.59. The highest BCUT2D eigenvalue weighted by molar-refractivity contribution is 6.04. The van der Waals surface area contributed by atoms with E-state index in [0.29, 0.717) is 24.1 Å². The van der Waals surface area contributed by atoms with Gasteiger partial charge in [0.25, 0.3) is 5.91 Å². The fourth-order valence-electron chi connectivity index (χ4n) is 3.43. The second kappa shape index (κ2) is 9.15. The van der Waals surface area contributed by atoms with Crippen LogP contribution >= 0.6 is 0 Å². The van der Waals surface area contributed by atoms with E-state index in [9.17, 15) is 18.0 Å². The average molecular weight is 415 g/mol. The first-order chi connectivity index (χ1) is 14.3. The molecule has 3 rings (SSSR count). The number of halogens is 3. The average Bonchev–Trinajstić information content (AvgIpc) is 2.73. The number of carbonyl (C=O) groups excluding carboxylic acids is 1. The monoisotopic (exact) mass is 415 g/mol. The lowest BCUT2D eigenvalue weighted by molar-refractivity contribution is -0.0933. The van der Waals surface area contributed by atoms with Crippen molar-refractivity contribution in [2.45, 2.75) is 45.3 Å². The highest BCUT2D eigenvalue weighted by Crippen LogP contribution is 2.31. The van der Waals surface area contributed by atoms with Gasteiger partial charge >= 0.3 is 6.18 Å². The van der Waals surface area contributed by atoms with E-state index in [0.717, 1.165) is 23.2 Å². The fraction of sp³-hybridized carbons (Fsp3) is 0.304. The largest absolute Gasteiger partial charge is 0.431 e. The maximum absolute atomic E-state index is 13.0. The van der Waals surface area contributed by atoms with Crippen LogP contribution in [0, 0.1) is 6.92 Å². The Morgan fingerprint density at radius 3 is 2.57 bits per heavy atom. The zero-order chi connectivity index (χ0) is 21.7. The van der Waals surface area contributed by atoms with Crippen LogP contribution in [0.25, 0.3) is 0 Å². The lowest BCUT2D eigenvalue weighted by Crippen LogP contribution is -2.26. The molecular formula is C23H24F3N3O. The third-order valence-corrected chi connectivity index (χ3v) is 5.10. The Labute approximate surface area is 173 Å². The Morgan fingerprint density at radius 1 is 1.10 bits per heavy atom. The lowest BCUT2D eigenvalue weighted by atomic mass is 9.91. The van der Waals surface area contributed by atoms with E-state index in [1.165, 1.54) is 0 Å². The number of allylic oxidation sites excluding steroid dienone is 2. The molecule has 2 aromatic carbocycles. The summed E-state index contributed by atoms with van der Waals surface area (Å²) in [5, 5.41) is 2.87. The van der Waals surface area contributed by atoms with Gasteiger partial charge in [0, 0.05) is 22.5 Å². The van der Waals surface area contributed by atoms with Crippen LogP contribution in [0.3, 0.4) is 0 Å². The molecule has 1 saturated carbocycles. The molecule has 0 atom stereocenters. The minimum Gasteiger partial charge on any atom is -0.394 e. The molecule has 0 aliphatic heterocycles. The van der Waals surface area contributed by atoms with Crippen LogP contribution in [-0.2, 0) is 6.54 Å². The molecule has 0 heterocycles. The number of nitrogens with one attached hydrogen (secondary N) is 1. The summed E-state index contributed by atoms with van der Waals surface area (Å²) in [5.41, 5.74) is 7.70. The van der Waals surface area contributed by atoms with Crippen molar-refractivity contribution in [3.05, 3.63) is 76.5 Å². The van der Waals surface area contributed by atoms with Gasteiger partial charge < -0.3 is 11.1 Å². The van der Waals surface area contributed by atoms with Crippen LogP contribution in [0.4, 0.5) is 18.9 Å². The van der Waals surface area contributed by atoms with E-state index in [1.807, 2.05) is 31.2 Å². The van der Waals surface area contributed by atoms with E-state index in [4.69, 9.17) is 5.73 Å². The third kappa shape index (κ3) is 5.28. The van der Waals surface area contributed by atoms with Crippen molar-refractivity contribution in [1.29, 1.82) is 0 Å². The quantitative estimate of drug-likeness (QED) is 0.689. The highest BCUT2D eigenvalue weighted by Gasteiger charge is 2.35. The van der Waals surface area contributed by atoms with Gasteiger partial charge in [-0.2, -0.15) is 13.2 Å². The summed E-state index contributed by atoms with van der Waals surface area (Å²) in [5.74, 6) is -0.252. The number of nitrogens with two attached hydrogens (primary N) is 1. The van der Waals surface area contributed by atoms with Gasteiger partial charge in [0.1, 0.15) is 5.70 Å². The minimum absolute atomic E-state index is 0.0993. The first kappa shape index (κ1) is 21.6. The number of anilines is 1. The van der Waals surface area contributed by atoms with Crippen LogP contribution in [0.15, 0.2) is 64.8 Å². The Hall–Kier alpha value is -3.09. The number of para-hydroxylation sites is 1. The van der Waals surface area contributed by atoms with Crippen molar-refractivity contribution in [1.82, 2.24) is 0 Å². The van der Waals surface area contributed by atoms with E-state index >= 15 is 0 Å². The summed E-state index contributed by atoms with van der Waals surface area (Å²) < 4.78 is 39.1. The van der Waals surface area contributed by atoms with Crippen molar-refractivity contribution in [2.24, 2.45) is 10.7 Å². The number of hydrogen-bond donors (Lipinski definition) is 2. The summed E-state index contributed by atoms with van der Waals surface area (Å²) >= 11 is 0. The van der Waals surface area contributed by atoms with Gasteiger partial charge in [-0.05, 0) is 61.9 Å². The number of carbonyl (C=O) groups is 1. The molecule has 7 heteroatoms. The molecule has 1 aliphatic rings. The Balaban J connectivity index is 1.78. The number of hydrogen-bond acceptors (Lipinski definition) is 3. The normalized spacial score (nSPS) is 17.7. The molecule has 0 unspecified atom stereocenters. The van der Waals surface area contributed by atoms with Gasteiger partial charge in [-0.1, -0.05) is 30.3 Å². The number of aliphatic imine (C=N–C) groups is 1. The first-order valence-electron chi connectivity index (χ1n) is 9.81. The van der Waals surface area contributed by atoms with Gasteiger partial charge in [-0.25, -0.2) is 0 Å². The van der Waals surface area contributed by atoms with Crippen molar-refractivity contribution in [3.63, 3.8) is 0 Å². The lowest BCUT2D eigenvalue weighted by Gasteiger charge is -2.21. The molecule has 30 heavy (non-hydrogen) atoms. The SMILES string of the molecule is Cc1ccccc1NC(=O)c1cccc(CN=C2CCCC/C2=C(/N)C(F)(F)F)c1. The third-order valence-electron chi connectivity index (χ3n) is 5.10. The molecule has 1 fully saturated rings. The predicted octanol–water partition coefficient (Wildman–Crippen LogP) is 5.54. The van der Waals surface area contributed by atoms with Gasteiger partial charge in [0.2, 0.25) is 0 Å². The summed E-state index contributed by atoms with van der Waals surface area (Å²) in [7, 11) is 0. The van der Waals surface area contributed by atoms with Crippen LogP contribution in [0.1, 0.15) is 47.2 Å². The zero-order valence-electron chi connectivity index (χ0n) is 16.7. The van der Waals surface area contributed by atoms with E-state index < -0.39 is 11.9 Å². The molecule has 158 valence electrons. The molecule has 0 aromatic heterocycles. The van der Waals surface area contributed by atoms with Crippen molar-refractivity contribution < 1.29 is 18.0 Å². The molecule has 4 nitrogen and oxygen atoms in total. The molecule has 3 N–H and O–H groups in total. The number of rotatable bonds is 4. The second-order valence-corrected chi connectivity index (χ2v) is 7.33. The number of nitrogens with zero attached hydrogens (tertiary/aromatic N) is 1. The van der Waals surface area contributed by atoms with Gasteiger partial charge in [0.15, 0.2) is 0 Å². The Morgan fingerprint density at radius 2 is 1.83 bits per heavy atom. The second-order valence-electron chi connectivity index (χ2n) is 7.33. The smallest absolute Gasteiger partial charge is 0.394 e. The zero-order valence-corrected chi connectivity index (χ0v) is 16.7. The van der Waals surface area contributed by atoms with Crippen molar-refractivity contribution in [3.8, 4) is 0 Å². The highest BCUT2D eigenvalue weighted by atomic mass is 19.4. The molecule has 1 aliphatic carbocycles. The van der Waals surface area contributed by atoms with Gasteiger partial charge in [-0.3, -0.25) is 9.79 Å². The van der Waals surface area contributed by atoms with E-state index in [-0.39, 0.29) is 24.4 Å². The summed E-state index contributed by atoms with van der Waals surface area (Å²) in [6, 6.07) is 14.4. The maximum Gasteiger partial charge on any atom is 0.431 e. The molecule has 0 saturated heterocycles. The summed E-state index contributed by atoms with van der Waals surface area (Å²) in [6.07, 6.45) is -2.35. The molecule has 0 radical (unpaired) electrons. The minimum atomic E-state index is -4.55. The van der Waals surface area contributed by atoms with Crippen molar-refractivity contribution in [2.75, 3.05) is 5.32 Å². The fourth-order valence-corrected chi connectivity index (χ4v) is 3.43. The van der Waals surface area contributed by atoms with Gasteiger partial charge in [-0.15, -0.1) is 0 Å². The molecule has 0 spiro atoms. The predicted molar refractivity (Wildman–Crippen MR) is 112 cm³/mol. The maximum atomic E-state index is 13.0. The van der Waals surface area contributed by atoms with Crippen LogP contribution in [0.5, 0.6) is 0 Å². The number of aryl methyl sites for hydroxylation is 1. The number of amides is 1. The molecule has 1 amide bonds. The van der Waals surface area contributed by atoms with Crippen molar-refractivity contribution >= 4 is 17.3 Å². The molecule has 0 bridgehead atoms. The van der Waals surface area contributed by atoms with Crippen LogP contribution < -0.4 is 11.1 Å². The molecular weight excluding hydrogens is 391 g/mol. The van der Waals surface area contributed by atoms with E-state index in [2.05, 4.69) is 10.3 Å². The first-order valence-corrected chi connectivity index (χ1v) is 9.81. The van der Waals surface area contributed by atoms with Gasteiger partial charge in [0.05, 0.1) is 6.54 Å².